The van der Waals surface area contributed by atoms with Crippen LogP contribution in [0.1, 0.15) is 50.3 Å². The zero-order valence-electron chi connectivity index (χ0n) is 16.6. The Bertz CT molecular complexity index is 732. The number of benzene rings is 1. The number of allylic oxidation sites excluding steroid dienone is 2. The second-order valence-corrected chi connectivity index (χ2v) is 8.05. The Morgan fingerprint density at radius 2 is 2.12 bits per heavy atom. The lowest BCUT2D eigenvalue weighted by Crippen LogP contribution is -2.48. The lowest BCUT2D eigenvalue weighted by atomic mass is 9.86. The Morgan fingerprint density at radius 3 is 2.81 bits per heavy atom. The molecule has 0 unspecified atom stereocenters. The number of methoxy groups -OCH3 is 1. The molecule has 0 N–H and O–H groups in total. The third-order valence-electron chi connectivity index (χ3n) is 5.48. The maximum absolute atomic E-state index is 12.7. The molecule has 1 aromatic rings. The molecule has 2 aliphatic rings. The normalized spacial score (nSPS) is 19.7. The van der Waals surface area contributed by atoms with Gasteiger partial charge in [0.25, 0.3) is 0 Å². The summed E-state index contributed by atoms with van der Waals surface area (Å²) in [5.74, 6) is 2.46. The molecule has 0 saturated heterocycles. The molecule has 1 atom stereocenters. The molecule has 0 aromatic heterocycles. The second kappa shape index (κ2) is 7.31. The van der Waals surface area contributed by atoms with Crippen molar-refractivity contribution in [1.82, 2.24) is 0 Å². The molecule has 142 valence electrons. The van der Waals surface area contributed by atoms with Gasteiger partial charge in [0.15, 0.2) is 11.5 Å². The molecule has 1 aromatic carbocycles. The number of quaternary nitrogens is 1. The highest BCUT2D eigenvalue weighted by Crippen LogP contribution is 2.51. The van der Waals surface area contributed by atoms with Gasteiger partial charge in [0, 0.05) is 12.8 Å². The van der Waals surface area contributed by atoms with E-state index in [1.807, 2.05) is 0 Å². The summed E-state index contributed by atoms with van der Waals surface area (Å²) in [5.41, 5.74) is 3.58. The fourth-order valence-corrected chi connectivity index (χ4v) is 3.95. The first-order valence-electron chi connectivity index (χ1n) is 9.30. The number of ketones is 1. The van der Waals surface area contributed by atoms with Crippen LogP contribution in [0.25, 0.3) is 0 Å². The molecule has 5 heteroatoms. The molecule has 0 radical (unpaired) electrons. The topological polar surface area (TPSA) is 44.8 Å². The van der Waals surface area contributed by atoms with Gasteiger partial charge in [0.05, 0.1) is 39.7 Å². The third-order valence-corrected chi connectivity index (χ3v) is 5.48. The summed E-state index contributed by atoms with van der Waals surface area (Å²) in [6.45, 7) is 5.34. The number of carbonyl (C=O) groups excluding carboxylic acids is 1. The summed E-state index contributed by atoms with van der Waals surface area (Å²) in [6.07, 6.45) is 4.99. The number of Topliss-reactive ketones (excluding diaryl/α,β-unsaturated/α-hetero) is 1. The first-order chi connectivity index (χ1) is 12.3. The highest BCUT2D eigenvalue weighted by Gasteiger charge is 2.42. The molecule has 2 aliphatic heterocycles. The van der Waals surface area contributed by atoms with Gasteiger partial charge in [-0.25, -0.2) is 0 Å². The first-order valence-corrected chi connectivity index (χ1v) is 9.30. The number of rotatable bonds is 6. The van der Waals surface area contributed by atoms with Gasteiger partial charge in [-0.15, -0.1) is 0 Å². The van der Waals surface area contributed by atoms with E-state index in [2.05, 4.69) is 40.1 Å². The molecule has 26 heavy (non-hydrogen) atoms. The van der Waals surface area contributed by atoms with E-state index in [1.54, 1.807) is 7.11 Å². The van der Waals surface area contributed by atoms with Crippen LogP contribution in [-0.4, -0.2) is 44.8 Å². The summed E-state index contributed by atoms with van der Waals surface area (Å²) < 4.78 is 17.7. The lowest BCUT2D eigenvalue weighted by molar-refractivity contribution is -0.922. The maximum atomic E-state index is 12.7. The first kappa shape index (κ1) is 18.8. The van der Waals surface area contributed by atoms with Crippen LogP contribution >= 0.6 is 0 Å². The molecule has 5 nitrogen and oxygen atoms in total. The van der Waals surface area contributed by atoms with Crippen LogP contribution in [0.15, 0.2) is 17.7 Å². The summed E-state index contributed by atoms with van der Waals surface area (Å²) in [7, 11) is 6.06. The minimum absolute atomic E-state index is 0.0717. The zero-order chi connectivity index (χ0) is 18.9. The minimum atomic E-state index is 0.0717. The molecule has 0 spiro atoms. The summed E-state index contributed by atoms with van der Waals surface area (Å²) in [6, 6.07) is 2.14. The van der Waals surface area contributed by atoms with E-state index >= 15 is 0 Å². The minimum Gasteiger partial charge on any atom is -0.492 e. The predicted octanol–water partition coefficient (Wildman–Crippen LogP) is 3.80. The van der Waals surface area contributed by atoms with E-state index in [-0.39, 0.29) is 12.8 Å². The Balaban J connectivity index is 1.93. The van der Waals surface area contributed by atoms with Crippen molar-refractivity contribution in [3.63, 3.8) is 0 Å². The molecule has 0 fully saturated rings. The summed E-state index contributed by atoms with van der Waals surface area (Å²) in [5, 5.41) is 0. The summed E-state index contributed by atoms with van der Waals surface area (Å²) in [4.78, 5) is 12.7. The molecule has 0 bridgehead atoms. The van der Waals surface area contributed by atoms with Crippen LogP contribution in [0, 0.1) is 0 Å². The van der Waals surface area contributed by atoms with Gasteiger partial charge in [-0.05, 0) is 31.9 Å². The number of carbonyl (C=O) groups is 1. The van der Waals surface area contributed by atoms with Crippen molar-refractivity contribution in [3.8, 4) is 17.2 Å². The van der Waals surface area contributed by atoms with E-state index < -0.39 is 0 Å². The fourth-order valence-electron chi connectivity index (χ4n) is 3.95. The van der Waals surface area contributed by atoms with E-state index in [0.29, 0.717) is 24.4 Å². The van der Waals surface area contributed by atoms with E-state index in [0.717, 1.165) is 40.9 Å². The Hall–Kier alpha value is -2.01. The van der Waals surface area contributed by atoms with Crippen molar-refractivity contribution >= 4 is 5.78 Å². The zero-order valence-corrected chi connectivity index (χ0v) is 16.6. The van der Waals surface area contributed by atoms with Crippen molar-refractivity contribution < 1.29 is 23.5 Å². The Kier molecular flexibility index (Phi) is 5.28. The average Bonchev–Trinajstić information content (AvgIpc) is 3.03. The average molecular weight is 360 g/mol. The second-order valence-electron chi connectivity index (χ2n) is 8.05. The van der Waals surface area contributed by atoms with Crippen LogP contribution in [0.4, 0.5) is 0 Å². The SMILES string of the molecule is COc1c2c(cc3c1[C@@H](CC(=O)CCC=C(C)C)[N+](C)(C)CC3)OCO2. The monoisotopic (exact) mass is 360 g/mol. The third kappa shape index (κ3) is 3.58. The fraction of sp³-hybridized carbons (Fsp3) is 0.571. The van der Waals surface area contributed by atoms with E-state index in [9.17, 15) is 4.79 Å². The van der Waals surface area contributed by atoms with Crippen molar-refractivity contribution in [2.45, 2.75) is 45.6 Å². The van der Waals surface area contributed by atoms with Crippen molar-refractivity contribution in [2.75, 3.05) is 34.5 Å². The van der Waals surface area contributed by atoms with Gasteiger partial charge in [-0.1, -0.05) is 11.6 Å². The molecule has 2 heterocycles. The van der Waals surface area contributed by atoms with Gasteiger partial charge in [-0.3, -0.25) is 4.79 Å². The van der Waals surface area contributed by atoms with E-state index in [1.165, 1.54) is 11.1 Å². The van der Waals surface area contributed by atoms with Crippen LogP contribution in [0.5, 0.6) is 17.2 Å². The van der Waals surface area contributed by atoms with Gasteiger partial charge < -0.3 is 18.7 Å². The highest BCUT2D eigenvalue weighted by molar-refractivity contribution is 5.79. The summed E-state index contributed by atoms with van der Waals surface area (Å²) >= 11 is 0. The van der Waals surface area contributed by atoms with Gasteiger partial charge in [-0.2, -0.15) is 0 Å². The smallest absolute Gasteiger partial charge is 0.231 e. The molecule has 3 rings (SSSR count). The predicted molar refractivity (Wildman–Crippen MR) is 101 cm³/mol. The number of likely N-dealkylation sites (N-methyl/N-ethyl adjacent to an activating group) is 1. The molecular weight excluding hydrogens is 330 g/mol. The maximum Gasteiger partial charge on any atom is 0.231 e. The standard InChI is InChI=1S/C21H30NO4/c1-14(2)7-6-8-16(23)12-17-19-15(9-10-22(17,3)4)11-18-20(21(19)24-5)26-13-25-18/h7,11,17H,6,8-10,12-13H2,1-5H3/q+1/t17-/m1/s1. The Morgan fingerprint density at radius 1 is 1.35 bits per heavy atom. The number of hydrogen-bond acceptors (Lipinski definition) is 4. The van der Waals surface area contributed by atoms with Crippen molar-refractivity contribution in [3.05, 3.63) is 28.8 Å². The lowest BCUT2D eigenvalue weighted by Gasteiger charge is -2.43. The molecular formula is C21H30NO4+. The van der Waals surface area contributed by atoms with E-state index in [4.69, 9.17) is 14.2 Å². The highest BCUT2D eigenvalue weighted by atomic mass is 16.7. The molecule has 0 saturated carbocycles. The van der Waals surface area contributed by atoms with Crippen molar-refractivity contribution in [2.24, 2.45) is 0 Å². The van der Waals surface area contributed by atoms with Gasteiger partial charge in [0.1, 0.15) is 11.8 Å². The number of nitrogens with zero attached hydrogens (tertiary/aromatic N) is 1. The van der Waals surface area contributed by atoms with Gasteiger partial charge in [0.2, 0.25) is 12.5 Å². The molecule has 0 aliphatic carbocycles. The van der Waals surface area contributed by atoms with Crippen LogP contribution < -0.4 is 14.2 Å². The van der Waals surface area contributed by atoms with Crippen LogP contribution in [0.3, 0.4) is 0 Å². The molecule has 0 amide bonds. The van der Waals surface area contributed by atoms with Crippen LogP contribution in [-0.2, 0) is 11.2 Å². The Labute approximate surface area is 156 Å². The van der Waals surface area contributed by atoms with Crippen LogP contribution in [0.2, 0.25) is 0 Å². The number of ether oxygens (including phenoxy) is 3. The largest absolute Gasteiger partial charge is 0.492 e. The number of hydrogen-bond donors (Lipinski definition) is 0. The number of fused-ring (bicyclic) bond motifs is 2. The van der Waals surface area contributed by atoms with Gasteiger partial charge >= 0.3 is 0 Å². The quantitative estimate of drug-likeness (QED) is 0.572. The van der Waals surface area contributed by atoms with Crippen molar-refractivity contribution in [1.29, 1.82) is 0 Å².